The Balaban J connectivity index is 1.23. The van der Waals surface area contributed by atoms with Gasteiger partial charge in [-0.1, -0.05) is 24.2 Å². The highest BCUT2D eigenvalue weighted by Crippen LogP contribution is 2.35. The summed E-state index contributed by atoms with van der Waals surface area (Å²) in [5, 5.41) is 10.3. The Bertz CT molecular complexity index is 1280. The second-order valence-electron chi connectivity index (χ2n) is 8.37. The Labute approximate surface area is 196 Å². The summed E-state index contributed by atoms with van der Waals surface area (Å²) in [6.07, 6.45) is 1.09. The fourth-order valence-electron chi connectivity index (χ4n) is 3.88. The van der Waals surface area contributed by atoms with Gasteiger partial charge in [-0.3, -0.25) is 10.1 Å². The van der Waals surface area contributed by atoms with Crippen molar-refractivity contribution in [2.75, 3.05) is 25.0 Å². The lowest BCUT2D eigenvalue weighted by Gasteiger charge is -2.29. The van der Waals surface area contributed by atoms with Gasteiger partial charge in [0.25, 0.3) is 11.8 Å². The lowest BCUT2D eigenvalue weighted by atomic mass is 10.0. The van der Waals surface area contributed by atoms with Crippen molar-refractivity contribution < 1.29 is 27.1 Å². The van der Waals surface area contributed by atoms with E-state index in [9.17, 15) is 13.2 Å². The number of carbonyl (C=O) groups excluding carboxylic acids is 1. The number of carbonyl (C=O) groups is 1. The van der Waals surface area contributed by atoms with Crippen molar-refractivity contribution in [3.63, 3.8) is 0 Å². The first-order valence-corrected chi connectivity index (χ1v) is 12.5. The van der Waals surface area contributed by atoms with Gasteiger partial charge in [0, 0.05) is 18.7 Å². The smallest absolute Gasteiger partial charge is 0.322 e. The largest absolute Gasteiger partial charge is 0.485 e. The van der Waals surface area contributed by atoms with E-state index in [4.69, 9.17) is 13.9 Å². The van der Waals surface area contributed by atoms with Crippen molar-refractivity contribution in [3.05, 3.63) is 60.0 Å². The van der Waals surface area contributed by atoms with E-state index in [0.717, 1.165) is 12.8 Å². The topological polar surface area (TPSA) is 124 Å². The maximum Gasteiger partial charge on any atom is 0.322 e. The summed E-state index contributed by atoms with van der Waals surface area (Å²) < 4.78 is 44.2. The molecule has 2 aliphatic heterocycles. The summed E-state index contributed by atoms with van der Waals surface area (Å²) in [6, 6.07) is 12.9. The molecule has 3 aromatic rings. The molecule has 3 heterocycles. The number of nitrogens with one attached hydrogen (secondary N) is 1. The number of hydrogen-bond donors (Lipinski definition) is 1. The number of amides is 1. The van der Waals surface area contributed by atoms with E-state index >= 15 is 0 Å². The number of anilines is 1. The number of ether oxygens (including phenoxy) is 2. The van der Waals surface area contributed by atoms with Gasteiger partial charge in [0.05, 0.1) is 4.90 Å². The van der Waals surface area contributed by atoms with Crippen molar-refractivity contribution in [1.29, 1.82) is 0 Å². The van der Waals surface area contributed by atoms with Crippen LogP contribution in [0.1, 0.15) is 42.1 Å². The SMILES string of the molecule is CC1CCN(S(=O)(=O)c2ccc(C(=O)Nc3nnc(C4COc5ccccc5O4)o3)cc2)CC1. The molecular weight excluding hydrogens is 460 g/mol. The van der Waals surface area contributed by atoms with E-state index in [1.54, 1.807) is 12.1 Å². The molecule has 0 radical (unpaired) electrons. The van der Waals surface area contributed by atoms with Crippen LogP contribution in [0.3, 0.4) is 0 Å². The van der Waals surface area contributed by atoms with Crippen LogP contribution < -0.4 is 14.8 Å². The third kappa shape index (κ3) is 4.48. The molecule has 11 heteroatoms. The summed E-state index contributed by atoms with van der Waals surface area (Å²) in [7, 11) is -3.58. The van der Waals surface area contributed by atoms with E-state index in [1.165, 1.54) is 28.6 Å². The van der Waals surface area contributed by atoms with Gasteiger partial charge in [0.1, 0.15) is 6.61 Å². The average Bonchev–Trinajstić information content (AvgIpc) is 3.32. The van der Waals surface area contributed by atoms with Crippen LogP contribution in [0.5, 0.6) is 11.5 Å². The van der Waals surface area contributed by atoms with E-state index in [2.05, 4.69) is 22.4 Å². The normalized spacial score (nSPS) is 19.0. The minimum Gasteiger partial charge on any atom is -0.485 e. The second kappa shape index (κ2) is 9.07. The first-order chi connectivity index (χ1) is 16.4. The zero-order valence-electron chi connectivity index (χ0n) is 18.5. The van der Waals surface area contributed by atoms with Crippen molar-refractivity contribution in [2.24, 2.45) is 5.92 Å². The lowest BCUT2D eigenvalue weighted by molar-refractivity contribution is 0.0716. The van der Waals surface area contributed by atoms with Crippen LogP contribution in [0, 0.1) is 5.92 Å². The number of hydrogen-bond acceptors (Lipinski definition) is 8. The minimum atomic E-state index is -3.58. The molecular formula is C23H24N4O6S. The van der Waals surface area contributed by atoms with Crippen LogP contribution in [-0.4, -0.2) is 48.5 Å². The van der Waals surface area contributed by atoms with Crippen LogP contribution >= 0.6 is 0 Å². The molecule has 1 atom stereocenters. The quantitative estimate of drug-likeness (QED) is 0.585. The van der Waals surface area contributed by atoms with Crippen LogP contribution in [-0.2, 0) is 10.0 Å². The van der Waals surface area contributed by atoms with E-state index in [1.807, 2.05) is 12.1 Å². The summed E-state index contributed by atoms with van der Waals surface area (Å²) in [5.41, 5.74) is 0.261. The number of piperidine rings is 1. The third-order valence-corrected chi connectivity index (χ3v) is 7.85. The molecule has 2 aliphatic rings. The first-order valence-electron chi connectivity index (χ1n) is 11.0. The Morgan fingerprint density at radius 2 is 1.74 bits per heavy atom. The number of rotatable bonds is 5. The molecule has 2 aromatic carbocycles. The second-order valence-corrected chi connectivity index (χ2v) is 10.3. The first kappa shape index (κ1) is 22.4. The zero-order chi connectivity index (χ0) is 23.7. The maximum atomic E-state index is 12.9. The number of para-hydroxylation sites is 2. The molecule has 5 rings (SSSR count). The Hall–Kier alpha value is -3.44. The van der Waals surface area contributed by atoms with Crippen molar-refractivity contribution in [2.45, 2.75) is 30.8 Å². The predicted molar refractivity (Wildman–Crippen MR) is 121 cm³/mol. The number of aromatic nitrogens is 2. The zero-order valence-corrected chi connectivity index (χ0v) is 19.3. The van der Waals surface area contributed by atoms with Gasteiger partial charge in [-0.15, -0.1) is 5.10 Å². The number of benzene rings is 2. The fourth-order valence-corrected chi connectivity index (χ4v) is 5.35. The minimum absolute atomic E-state index is 0.0957. The van der Waals surface area contributed by atoms with Gasteiger partial charge in [-0.2, -0.15) is 4.31 Å². The molecule has 0 aliphatic carbocycles. The van der Waals surface area contributed by atoms with Crippen LogP contribution in [0.25, 0.3) is 0 Å². The molecule has 1 amide bonds. The molecule has 1 unspecified atom stereocenters. The molecule has 0 bridgehead atoms. The summed E-state index contributed by atoms with van der Waals surface area (Å²) in [6.45, 7) is 3.33. The Morgan fingerprint density at radius 1 is 1.03 bits per heavy atom. The van der Waals surface area contributed by atoms with Crippen molar-refractivity contribution in [3.8, 4) is 11.5 Å². The molecule has 1 N–H and O–H groups in total. The van der Waals surface area contributed by atoms with Gasteiger partial charge in [-0.05, 0) is 55.2 Å². The highest BCUT2D eigenvalue weighted by atomic mass is 32.2. The Morgan fingerprint density at radius 3 is 2.47 bits per heavy atom. The van der Waals surface area contributed by atoms with Gasteiger partial charge in [0.2, 0.25) is 16.1 Å². The van der Waals surface area contributed by atoms with Gasteiger partial charge in [-0.25, -0.2) is 8.42 Å². The van der Waals surface area contributed by atoms with Crippen LogP contribution in [0.2, 0.25) is 0 Å². The summed E-state index contributed by atoms with van der Waals surface area (Å²) >= 11 is 0. The molecule has 178 valence electrons. The van der Waals surface area contributed by atoms with Gasteiger partial charge < -0.3 is 13.9 Å². The fraction of sp³-hybridized carbons (Fsp3) is 0.348. The standard InChI is InChI=1S/C23H24N4O6S/c1-15-10-12-27(13-11-15)34(29,30)17-8-6-16(7-9-17)21(28)24-23-26-25-22(33-23)20-14-31-18-4-2-3-5-19(18)32-20/h2-9,15,20H,10-14H2,1H3,(H,24,26,28). The van der Waals surface area contributed by atoms with E-state index in [0.29, 0.717) is 30.5 Å². The summed E-state index contributed by atoms with van der Waals surface area (Å²) in [5.74, 6) is 1.39. The van der Waals surface area contributed by atoms with Gasteiger partial charge >= 0.3 is 6.01 Å². The van der Waals surface area contributed by atoms with Crippen LogP contribution in [0.15, 0.2) is 57.8 Å². The van der Waals surface area contributed by atoms with Gasteiger partial charge in [0.15, 0.2) is 11.5 Å². The van der Waals surface area contributed by atoms with Crippen molar-refractivity contribution in [1.82, 2.24) is 14.5 Å². The average molecular weight is 485 g/mol. The number of fused-ring (bicyclic) bond motifs is 1. The molecule has 0 spiro atoms. The van der Waals surface area contributed by atoms with Crippen molar-refractivity contribution >= 4 is 21.9 Å². The third-order valence-electron chi connectivity index (χ3n) is 5.94. The summed E-state index contributed by atoms with van der Waals surface area (Å²) in [4.78, 5) is 12.8. The number of nitrogens with zero attached hydrogens (tertiary/aromatic N) is 3. The van der Waals surface area contributed by atoms with E-state index < -0.39 is 22.0 Å². The number of sulfonamides is 1. The van der Waals surface area contributed by atoms with Crippen LogP contribution in [0.4, 0.5) is 6.01 Å². The highest BCUT2D eigenvalue weighted by Gasteiger charge is 2.29. The lowest BCUT2D eigenvalue weighted by Crippen LogP contribution is -2.37. The molecule has 1 aromatic heterocycles. The molecule has 10 nitrogen and oxygen atoms in total. The molecule has 34 heavy (non-hydrogen) atoms. The Kier molecular flexibility index (Phi) is 5.96. The van der Waals surface area contributed by atoms with E-state index in [-0.39, 0.29) is 29.0 Å². The molecule has 1 saturated heterocycles. The monoisotopic (exact) mass is 484 g/mol. The maximum absolute atomic E-state index is 12.9. The highest BCUT2D eigenvalue weighted by molar-refractivity contribution is 7.89. The predicted octanol–water partition coefficient (Wildman–Crippen LogP) is 3.26. The molecule has 1 fully saturated rings. The molecule has 0 saturated carbocycles.